The van der Waals surface area contributed by atoms with Crippen LogP contribution in [-0.2, 0) is 6.42 Å². The predicted octanol–water partition coefficient (Wildman–Crippen LogP) is 5.43. The van der Waals surface area contributed by atoms with Gasteiger partial charge in [-0.05, 0) is 61.4 Å². The number of benzene rings is 2. The highest BCUT2D eigenvalue weighted by Crippen LogP contribution is 2.38. The van der Waals surface area contributed by atoms with E-state index in [1.807, 2.05) is 54.3 Å². The zero-order chi connectivity index (χ0) is 23.1. The molecule has 1 amide bonds. The first-order chi connectivity index (χ1) is 16.7. The number of aryl methyl sites for hydroxylation is 1. The van der Waals surface area contributed by atoms with Gasteiger partial charge < -0.3 is 9.42 Å². The van der Waals surface area contributed by atoms with Crippen molar-refractivity contribution in [2.45, 2.75) is 38.5 Å². The molecule has 1 fully saturated rings. The zero-order valence-corrected chi connectivity index (χ0v) is 19.2. The normalized spacial score (nSPS) is 19.0. The molecule has 2 aliphatic rings. The van der Waals surface area contributed by atoms with Crippen molar-refractivity contribution in [3.63, 3.8) is 0 Å². The Labute approximate surface area is 198 Å². The van der Waals surface area contributed by atoms with Gasteiger partial charge in [0.2, 0.25) is 5.89 Å². The summed E-state index contributed by atoms with van der Waals surface area (Å²) in [5, 5.41) is 4.88. The van der Waals surface area contributed by atoms with Crippen LogP contribution in [0.5, 0.6) is 0 Å². The minimum atomic E-state index is 0.0774. The molecule has 6 heteroatoms. The fourth-order valence-corrected chi connectivity index (χ4v) is 5.27. The van der Waals surface area contributed by atoms with E-state index in [1.54, 1.807) is 0 Å². The molecule has 4 aromatic rings. The van der Waals surface area contributed by atoms with E-state index < -0.39 is 0 Å². The van der Waals surface area contributed by atoms with Crippen molar-refractivity contribution >= 4 is 28.5 Å². The summed E-state index contributed by atoms with van der Waals surface area (Å²) < 4.78 is 5.44. The van der Waals surface area contributed by atoms with Gasteiger partial charge in [-0.15, -0.1) is 0 Å². The third-order valence-corrected chi connectivity index (χ3v) is 6.90. The molecular formula is C28H26N4O2. The van der Waals surface area contributed by atoms with E-state index in [-0.39, 0.29) is 11.8 Å². The van der Waals surface area contributed by atoms with Crippen LogP contribution in [0.3, 0.4) is 0 Å². The second-order valence-electron chi connectivity index (χ2n) is 9.18. The van der Waals surface area contributed by atoms with Crippen LogP contribution in [0, 0.1) is 6.92 Å². The van der Waals surface area contributed by atoms with E-state index in [0.717, 1.165) is 65.5 Å². The molecule has 170 valence electrons. The van der Waals surface area contributed by atoms with E-state index in [4.69, 9.17) is 9.51 Å². The van der Waals surface area contributed by atoms with Gasteiger partial charge in [0.25, 0.3) is 5.91 Å². The van der Waals surface area contributed by atoms with Crippen LogP contribution >= 0.6 is 0 Å². The van der Waals surface area contributed by atoms with E-state index in [0.29, 0.717) is 18.3 Å². The summed E-state index contributed by atoms with van der Waals surface area (Å²) in [6.07, 6.45) is 5.79. The molecule has 2 aromatic carbocycles. The standard InChI is InChI=1S/C28H26N4O2/c1-18-29-27(34-31-18)21-10-7-15-32(17-21)28(33)25-22-11-5-6-12-24(22)30-26-20(13-14-23(25)26)16-19-8-3-2-4-9-19/h2-6,8-9,11-12,16,21H,7,10,13-15,17H2,1H3. The van der Waals surface area contributed by atoms with Crippen molar-refractivity contribution in [1.82, 2.24) is 20.0 Å². The smallest absolute Gasteiger partial charge is 0.254 e. The lowest BCUT2D eigenvalue weighted by Gasteiger charge is -2.32. The molecule has 0 saturated carbocycles. The Morgan fingerprint density at radius 2 is 1.88 bits per heavy atom. The van der Waals surface area contributed by atoms with E-state index in [1.165, 1.54) is 5.57 Å². The Kier molecular flexibility index (Phi) is 5.21. The molecule has 1 aliphatic heterocycles. The fraction of sp³-hybridized carbons (Fsp3) is 0.286. The van der Waals surface area contributed by atoms with Crippen molar-refractivity contribution in [1.29, 1.82) is 0 Å². The van der Waals surface area contributed by atoms with Crippen LogP contribution in [0.15, 0.2) is 59.1 Å². The number of allylic oxidation sites excluding steroid dienone is 1. The van der Waals surface area contributed by atoms with Crippen LogP contribution in [0.1, 0.15) is 64.1 Å². The average Bonchev–Trinajstić information content (AvgIpc) is 3.49. The number of carbonyl (C=O) groups excluding carboxylic acids is 1. The van der Waals surface area contributed by atoms with E-state index in [9.17, 15) is 4.79 Å². The largest absolute Gasteiger partial charge is 0.339 e. The number of amides is 1. The molecule has 1 unspecified atom stereocenters. The summed E-state index contributed by atoms with van der Waals surface area (Å²) in [4.78, 5) is 25.4. The lowest BCUT2D eigenvalue weighted by Crippen LogP contribution is -2.39. The van der Waals surface area contributed by atoms with Gasteiger partial charge in [-0.2, -0.15) is 4.98 Å². The molecule has 0 radical (unpaired) electrons. The number of para-hydroxylation sites is 1. The van der Waals surface area contributed by atoms with Crippen LogP contribution in [0.25, 0.3) is 22.6 Å². The van der Waals surface area contributed by atoms with Crippen molar-refractivity contribution in [2.24, 2.45) is 0 Å². The monoisotopic (exact) mass is 450 g/mol. The van der Waals surface area contributed by atoms with Crippen LogP contribution in [0.4, 0.5) is 0 Å². The molecule has 1 saturated heterocycles. The number of pyridine rings is 1. The molecule has 1 atom stereocenters. The first-order valence-electron chi connectivity index (χ1n) is 11.9. The zero-order valence-electron chi connectivity index (χ0n) is 19.2. The maximum atomic E-state index is 14.0. The Morgan fingerprint density at radius 3 is 2.71 bits per heavy atom. The molecule has 3 heterocycles. The molecular weight excluding hydrogens is 424 g/mol. The number of carbonyl (C=O) groups is 1. The lowest BCUT2D eigenvalue weighted by molar-refractivity contribution is 0.0696. The maximum Gasteiger partial charge on any atom is 0.254 e. The number of hydrogen-bond acceptors (Lipinski definition) is 5. The summed E-state index contributed by atoms with van der Waals surface area (Å²) >= 11 is 0. The Bertz CT molecular complexity index is 1410. The Morgan fingerprint density at radius 1 is 1.06 bits per heavy atom. The van der Waals surface area contributed by atoms with Gasteiger partial charge in [-0.1, -0.05) is 53.7 Å². The highest BCUT2D eigenvalue weighted by atomic mass is 16.5. The van der Waals surface area contributed by atoms with Gasteiger partial charge in [-0.25, -0.2) is 4.98 Å². The molecule has 34 heavy (non-hydrogen) atoms. The number of fused-ring (bicyclic) bond motifs is 2. The summed E-state index contributed by atoms with van der Waals surface area (Å²) in [6.45, 7) is 3.16. The van der Waals surface area contributed by atoms with Gasteiger partial charge in [0.15, 0.2) is 5.82 Å². The molecule has 0 N–H and O–H groups in total. The van der Waals surface area contributed by atoms with Crippen LogP contribution in [-0.4, -0.2) is 39.0 Å². The van der Waals surface area contributed by atoms with E-state index >= 15 is 0 Å². The third-order valence-electron chi connectivity index (χ3n) is 6.90. The SMILES string of the molecule is Cc1noc(C2CCCN(C(=O)c3c4c(nc5ccccc35)C(=Cc3ccccc3)CC4)C2)n1. The molecule has 0 spiro atoms. The third kappa shape index (κ3) is 3.69. The second-order valence-corrected chi connectivity index (χ2v) is 9.18. The fourth-order valence-electron chi connectivity index (χ4n) is 5.27. The van der Waals surface area contributed by atoms with Gasteiger partial charge in [-0.3, -0.25) is 4.79 Å². The number of nitrogens with zero attached hydrogens (tertiary/aromatic N) is 4. The molecule has 1 aliphatic carbocycles. The van der Waals surface area contributed by atoms with Gasteiger partial charge in [0.1, 0.15) is 0 Å². The van der Waals surface area contributed by atoms with Gasteiger partial charge in [0.05, 0.1) is 22.7 Å². The summed E-state index contributed by atoms with van der Waals surface area (Å²) in [7, 11) is 0. The number of piperidine rings is 1. The molecule has 6 nitrogen and oxygen atoms in total. The molecule has 2 aromatic heterocycles. The van der Waals surface area contributed by atoms with Crippen molar-refractivity contribution in [3.05, 3.63) is 88.7 Å². The van der Waals surface area contributed by atoms with E-state index in [2.05, 4.69) is 28.3 Å². The maximum absolute atomic E-state index is 14.0. The summed E-state index contributed by atoms with van der Waals surface area (Å²) in [6, 6.07) is 18.3. The highest BCUT2D eigenvalue weighted by Gasteiger charge is 2.33. The minimum Gasteiger partial charge on any atom is -0.339 e. The number of hydrogen-bond donors (Lipinski definition) is 0. The first-order valence-corrected chi connectivity index (χ1v) is 11.9. The summed E-state index contributed by atoms with van der Waals surface area (Å²) in [5.41, 5.74) is 6.06. The topological polar surface area (TPSA) is 72.1 Å². The Hall–Kier alpha value is -3.80. The first kappa shape index (κ1) is 20.8. The minimum absolute atomic E-state index is 0.0774. The predicted molar refractivity (Wildman–Crippen MR) is 131 cm³/mol. The quantitative estimate of drug-likeness (QED) is 0.416. The molecule has 6 rings (SSSR count). The second kappa shape index (κ2) is 8.52. The summed E-state index contributed by atoms with van der Waals surface area (Å²) in [5.74, 6) is 1.42. The Balaban J connectivity index is 1.41. The van der Waals surface area contributed by atoms with Crippen LogP contribution in [0.2, 0.25) is 0 Å². The van der Waals surface area contributed by atoms with Crippen molar-refractivity contribution in [2.75, 3.05) is 13.1 Å². The van der Waals surface area contributed by atoms with Crippen LogP contribution < -0.4 is 0 Å². The molecule has 0 bridgehead atoms. The number of likely N-dealkylation sites (tertiary alicyclic amines) is 1. The number of rotatable bonds is 3. The van der Waals surface area contributed by atoms with Crippen molar-refractivity contribution in [3.8, 4) is 0 Å². The van der Waals surface area contributed by atoms with Gasteiger partial charge in [0, 0.05) is 18.5 Å². The number of aromatic nitrogens is 3. The van der Waals surface area contributed by atoms with Gasteiger partial charge >= 0.3 is 0 Å². The lowest BCUT2D eigenvalue weighted by atomic mass is 9.95. The highest BCUT2D eigenvalue weighted by molar-refractivity contribution is 6.09. The average molecular weight is 451 g/mol. The van der Waals surface area contributed by atoms with Crippen molar-refractivity contribution < 1.29 is 9.32 Å².